The number of hydrogen-bond acceptors (Lipinski definition) is 2. The average molecular weight is 270 g/mol. The van der Waals surface area contributed by atoms with Crippen molar-refractivity contribution in [2.75, 3.05) is 0 Å². The molecule has 18 heavy (non-hydrogen) atoms. The van der Waals surface area contributed by atoms with Gasteiger partial charge in [-0.25, -0.2) is 0 Å². The van der Waals surface area contributed by atoms with Crippen molar-refractivity contribution in [3.8, 4) is 0 Å². The Bertz CT molecular complexity index is 423. The third kappa shape index (κ3) is 2.89. The van der Waals surface area contributed by atoms with Gasteiger partial charge in [-0.05, 0) is 31.1 Å². The van der Waals surface area contributed by atoms with E-state index in [2.05, 4.69) is 31.2 Å². The first-order valence-electron chi connectivity index (χ1n) is 6.86. The predicted molar refractivity (Wildman–Crippen MR) is 75.9 cm³/mol. The van der Waals surface area contributed by atoms with Crippen molar-refractivity contribution in [1.29, 1.82) is 0 Å². The molecule has 4 heteroatoms. The summed E-state index contributed by atoms with van der Waals surface area (Å²) >= 11 is 6.35. The molecular formula is C14H24ClN3. The smallest absolute Gasteiger partial charge is 0.0863 e. The number of nitrogens with zero attached hydrogens (tertiary/aromatic N) is 2. The highest BCUT2D eigenvalue weighted by Gasteiger charge is 2.30. The molecule has 0 radical (unpaired) electrons. The summed E-state index contributed by atoms with van der Waals surface area (Å²) in [6.07, 6.45) is 4.72. The molecule has 1 atom stereocenters. The lowest BCUT2D eigenvalue weighted by Gasteiger charge is -2.18. The van der Waals surface area contributed by atoms with Gasteiger partial charge in [0, 0.05) is 19.6 Å². The lowest BCUT2D eigenvalue weighted by Crippen LogP contribution is -2.27. The second-order valence-corrected chi connectivity index (χ2v) is 6.55. The zero-order valence-electron chi connectivity index (χ0n) is 11.9. The van der Waals surface area contributed by atoms with Crippen LogP contribution in [0.4, 0.5) is 0 Å². The zero-order valence-corrected chi connectivity index (χ0v) is 12.6. The molecule has 1 aliphatic carbocycles. The minimum atomic E-state index is 0.489. The maximum Gasteiger partial charge on any atom is 0.0863 e. The molecule has 2 rings (SSSR count). The van der Waals surface area contributed by atoms with Gasteiger partial charge in [0.15, 0.2) is 0 Å². The Labute approximate surface area is 115 Å². The van der Waals surface area contributed by atoms with Gasteiger partial charge in [0.2, 0.25) is 0 Å². The van der Waals surface area contributed by atoms with E-state index in [0.29, 0.717) is 11.5 Å². The lowest BCUT2D eigenvalue weighted by molar-refractivity contribution is 0.363. The van der Waals surface area contributed by atoms with Crippen molar-refractivity contribution < 1.29 is 0 Å². The first kappa shape index (κ1) is 13.9. The van der Waals surface area contributed by atoms with Gasteiger partial charge in [0.25, 0.3) is 0 Å². The van der Waals surface area contributed by atoms with Crippen LogP contribution < -0.4 is 5.32 Å². The Morgan fingerprint density at radius 3 is 2.72 bits per heavy atom. The van der Waals surface area contributed by atoms with Crippen LogP contribution in [0, 0.1) is 5.41 Å². The molecule has 0 aliphatic heterocycles. The molecule has 0 bridgehead atoms. The molecule has 0 aromatic carbocycles. The van der Waals surface area contributed by atoms with Crippen molar-refractivity contribution >= 4 is 11.6 Å². The summed E-state index contributed by atoms with van der Waals surface area (Å²) in [6.45, 7) is 7.61. The molecule has 1 unspecified atom stereocenters. The Kier molecular flexibility index (Phi) is 4.02. The number of aryl methyl sites for hydroxylation is 2. The molecule has 1 fully saturated rings. The van der Waals surface area contributed by atoms with E-state index in [1.165, 1.54) is 19.3 Å². The molecule has 1 saturated carbocycles. The molecular weight excluding hydrogens is 246 g/mol. The molecule has 3 nitrogen and oxygen atoms in total. The Morgan fingerprint density at radius 2 is 2.22 bits per heavy atom. The fourth-order valence-corrected chi connectivity index (χ4v) is 3.22. The Morgan fingerprint density at radius 1 is 1.50 bits per heavy atom. The summed E-state index contributed by atoms with van der Waals surface area (Å²) in [5, 5.41) is 8.91. The van der Waals surface area contributed by atoms with Crippen LogP contribution >= 0.6 is 11.6 Å². The van der Waals surface area contributed by atoms with Crippen LogP contribution in [0.3, 0.4) is 0 Å². The lowest BCUT2D eigenvalue weighted by atomic mass is 9.92. The number of aromatic nitrogens is 2. The molecule has 1 aromatic heterocycles. The van der Waals surface area contributed by atoms with Gasteiger partial charge in [-0.1, -0.05) is 32.4 Å². The highest BCUT2D eigenvalue weighted by atomic mass is 35.5. The predicted octanol–water partition coefficient (Wildman–Crippen LogP) is 3.30. The van der Waals surface area contributed by atoms with Crippen LogP contribution in [-0.2, 0) is 20.0 Å². The normalized spacial score (nSPS) is 22.6. The zero-order chi connectivity index (χ0) is 13.3. The number of hydrogen-bond donors (Lipinski definition) is 1. The molecule has 0 spiro atoms. The van der Waals surface area contributed by atoms with E-state index in [0.717, 1.165) is 29.4 Å². The standard InChI is InChI=1S/C14H24ClN3/c1-5-11-13(15)12(18(4)17-11)9-16-10-6-7-14(2,3)8-10/h10,16H,5-9H2,1-4H3. The monoisotopic (exact) mass is 269 g/mol. The van der Waals surface area contributed by atoms with Gasteiger partial charge >= 0.3 is 0 Å². The summed E-state index contributed by atoms with van der Waals surface area (Å²) in [5.74, 6) is 0. The molecule has 0 amide bonds. The van der Waals surface area contributed by atoms with E-state index >= 15 is 0 Å². The Hall–Kier alpha value is -0.540. The van der Waals surface area contributed by atoms with Crippen LogP contribution in [0.15, 0.2) is 0 Å². The second-order valence-electron chi connectivity index (χ2n) is 6.17. The van der Waals surface area contributed by atoms with Gasteiger partial charge in [0.1, 0.15) is 0 Å². The van der Waals surface area contributed by atoms with Crippen molar-refractivity contribution in [2.45, 2.75) is 59.0 Å². The minimum absolute atomic E-state index is 0.489. The molecule has 1 aliphatic rings. The number of rotatable bonds is 4. The van der Waals surface area contributed by atoms with Crippen LogP contribution in [-0.4, -0.2) is 15.8 Å². The summed E-state index contributed by atoms with van der Waals surface area (Å²) in [5.41, 5.74) is 2.60. The quantitative estimate of drug-likeness (QED) is 0.909. The fraction of sp³-hybridized carbons (Fsp3) is 0.786. The summed E-state index contributed by atoms with van der Waals surface area (Å²) in [7, 11) is 1.97. The van der Waals surface area contributed by atoms with E-state index in [-0.39, 0.29) is 0 Å². The second kappa shape index (κ2) is 5.22. The third-order valence-corrected chi connectivity index (χ3v) is 4.47. The van der Waals surface area contributed by atoms with E-state index in [4.69, 9.17) is 11.6 Å². The summed E-state index contributed by atoms with van der Waals surface area (Å²) < 4.78 is 1.91. The molecule has 1 N–H and O–H groups in total. The van der Waals surface area contributed by atoms with Gasteiger partial charge in [-0.3, -0.25) is 4.68 Å². The van der Waals surface area contributed by atoms with Crippen molar-refractivity contribution in [1.82, 2.24) is 15.1 Å². The van der Waals surface area contributed by atoms with Crippen molar-refractivity contribution in [3.63, 3.8) is 0 Å². The van der Waals surface area contributed by atoms with Gasteiger partial charge in [0.05, 0.1) is 16.4 Å². The van der Waals surface area contributed by atoms with Crippen LogP contribution in [0.1, 0.15) is 51.4 Å². The largest absolute Gasteiger partial charge is 0.308 e. The van der Waals surface area contributed by atoms with Crippen LogP contribution in [0.25, 0.3) is 0 Å². The van der Waals surface area contributed by atoms with E-state index in [1.54, 1.807) is 0 Å². The number of nitrogens with one attached hydrogen (secondary N) is 1. The molecule has 1 aromatic rings. The SMILES string of the molecule is CCc1nn(C)c(CNC2CCC(C)(C)C2)c1Cl. The average Bonchev–Trinajstić information content (AvgIpc) is 2.77. The third-order valence-electron chi connectivity index (χ3n) is 4.03. The maximum atomic E-state index is 6.35. The van der Waals surface area contributed by atoms with Crippen LogP contribution in [0.5, 0.6) is 0 Å². The highest BCUT2D eigenvalue weighted by Crippen LogP contribution is 2.37. The van der Waals surface area contributed by atoms with E-state index in [9.17, 15) is 0 Å². The summed E-state index contributed by atoms with van der Waals surface area (Å²) in [6, 6.07) is 0.621. The van der Waals surface area contributed by atoms with Crippen molar-refractivity contribution in [3.05, 3.63) is 16.4 Å². The molecule has 1 heterocycles. The maximum absolute atomic E-state index is 6.35. The summed E-state index contributed by atoms with van der Waals surface area (Å²) in [4.78, 5) is 0. The van der Waals surface area contributed by atoms with E-state index in [1.807, 2.05) is 11.7 Å². The topological polar surface area (TPSA) is 29.9 Å². The highest BCUT2D eigenvalue weighted by molar-refractivity contribution is 6.31. The molecule has 0 saturated heterocycles. The first-order chi connectivity index (χ1) is 8.43. The van der Waals surface area contributed by atoms with Gasteiger partial charge < -0.3 is 5.32 Å². The minimum Gasteiger partial charge on any atom is -0.308 e. The first-order valence-corrected chi connectivity index (χ1v) is 7.24. The van der Waals surface area contributed by atoms with Crippen LogP contribution in [0.2, 0.25) is 5.02 Å². The Balaban J connectivity index is 1.97. The number of halogens is 1. The van der Waals surface area contributed by atoms with E-state index < -0.39 is 0 Å². The van der Waals surface area contributed by atoms with Crippen molar-refractivity contribution in [2.24, 2.45) is 12.5 Å². The molecule has 102 valence electrons. The van der Waals surface area contributed by atoms with Gasteiger partial charge in [-0.15, -0.1) is 0 Å². The van der Waals surface area contributed by atoms with Gasteiger partial charge in [-0.2, -0.15) is 5.10 Å². The fourth-order valence-electron chi connectivity index (χ4n) is 2.86.